The molecule has 3 rings (SSSR count). The summed E-state index contributed by atoms with van der Waals surface area (Å²) >= 11 is 0. The third kappa shape index (κ3) is 5.97. The van der Waals surface area contributed by atoms with Gasteiger partial charge < -0.3 is 19.5 Å². The molecule has 158 valence electrons. The number of rotatable bonds is 9. The van der Waals surface area contributed by atoms with Crippen molar-refractivity contribution in [2.45, 2.75) is 51.2 Å². The van der Waals surface area contributed by atoms with E-state index in [1.54, 1.807) is 14.2 Å². The number of methoxy groups -OCH3 is 2. The van der Waals surface area contributed by atoms with Crippen molar-refractivity contribution in [3.8, 4) is 11.5 Å². The number of ether oxygens (including phenoxy) is 3. The molecule has 1 saturated heterocycles. The summed E-state index contributed by atoms with van der Waals surface area (Å²) < 4.78 is 16.9. The smallest absolute Gasteiger partial charge is 0.122 e. The number of hydrogen-bond acceptors (Lipinski definition) is 4. The maximum Gasteiger partial charge on any atom is 0.122 e. The van der Waals surface area contributed by atoms with Crippen LogP contribution in [0.4, 0.5) is 0 Å². The van der Waals surface area contributed by atoms with Gasteiger partial charge in [-0.1, -0.05) is 30.3 Å². The predicted molar refractivity (Wildman–Crippen MR) is 118 cm³/mol. The van der Waals surface area contributed by atoms with E-state index in [1.807, 2.05) is 12.1 Å². The Morgan fingerprint density at radius 1 is 1.07 bits per heavy atom. The van der Waals surface area contributed by atoms with Crippen LogP contribution in [0.1, 0.15) is 50.2 Å². The molecule has 0 amide bonds. The summed E-state index contributed by atoms with van der Waals surface area (Å²) in [5.74, 6) is 2.94. The van der Waals surface area contributed by atoms with E-state index in [0.717, 1.165) is 50.5 Å². The van der Waals surface area contributed by atoms with Gasteiger partial charge in [0.1, 0.15) is 11.5 Å². The molecular formula is C25H35NO3. The first-order chi connectivity index (χ1) is 14.0. The second-order valence-corrected chi connectivity index (χ2v) is 8.52. The number of benzene rings is 2. The Labute approximate surface area is 175 Å². The maximum absolute atomic E-state index is 5.98. The van der Waals surface area contributed by atoms with E-state index in [4.69, 9.17) is 14.2 Å². The van der Waals surface area contributed by atoms with Crippen molar-refractivity contribution in [3.63, 3.8) is 0 Å². The maximum atomic E-state index is 5.98. The van der Waals surface area contributed by atoms with E-state index in [0.29, 0.717) is 11.8 Å². The molecule has 1 heterocycles. The molecule has 0 aromatic heterocycles. The molecule has 0 unspecified atom stereocenters. The van der Waals surface area contributed by atoms with Crippen LogP contribution < -0.4 is 14.8 Å². The Morgan fingerprint density at radius 2 is 1.83 bits per heavy atom. The van der Waals surface area contributed by atoms with Crippen molar-refractivity contribution in [2.24, 2.45) is 5.92 Å². The molecule has 2 aromatic carbocycles. The molecule has 4 nitrogen and oxygen atoms in total. The lowest BCUT2D eigenvalue weighted by atomic mass is 9.75. The van der Waals surface area contributed by atoms with Gasteiger partial charge in [-0.15, -0.1) is 0 Å². The summed E-state index contributed by atoms with van der Waals surface area (Å²) in [6.45, 7) is 7.08. The minimum atomic E-state index is -0.0558. The van der Waals surface area contributed by atoms with E-state index in [9.17, 15) is 0 Å². The highest BCUT2D eigenvalue weighted by atomic mass is 16.5. The largest absolute Gasteiger partial charge is 0.497 e. The minimum Gasteiger partial charge on any atom is -0.497 e. The van der Waals surface area contributed by atoms with Gasteiger partial charge >= 0.3 is 0 Å². The van der Waals surface area contributed by atoms with E-state index in [1.165, 1.54) is 11.1 Å². The number of para-hydroxylation sites is 1. The molecule has 0 radical (unpaired) electrons. The Bertz CT molecular complexity index is 757. The van der Waals surface area contributed by atoms with Gasteiger partial charge in [0, 0.05) is 13.2 Å². The highest BCUT2D eigenvalue weighted by Gasteiger charge is 2.34. The molecule has 4 heteroatoms. The summed E-state index contributed by atoms with van der Waals surface area (Å²) in [7, 11) is 3.47. The summed E-state index contributed by atoms with van der Waals surface area (Å²) in [6, 6.07) is 16.7. The fourth-order valence-electron chi connectivity index (χ4n) is 4.47. The molecule has 0 bridgehead atoms. The van der Waals surface area contributed by atoms with Gasteiger partial charge in [0.15, 0.2) is 0 Å². The lowest BCUT2D eigenvalue weighted by Crippen LogP contribution is -2.37. The van der Waals surface area contributed by atoms with Crippen molar-refractivity contribution in [1.29, 1.82) is 0 Å². The van der Waals surface area contributed by atoms with Gasteiger partial charge in [0.25, 0.3) is 0 Å². The monoisotopic (exact) mass is 397 g/mol. The first-order valence-electron chi connectivity index (χ1n) is 10.6. The summed E-state index contributed by atoms with van der Waals surface area (Å²) in [4.78, 5) is 0. The Hall–Kier alpha value is -2.04. The zero-order valence-electron chi connectivity index (χ0n) is 18.2. The zero-order chi connectivity index (χ0) is 20.7. The van der Waals surface area contributed by atoms with Gasteiger partial charge in [-0.3, -0.25) is 0 Å². The standard InChI is InChI=1S/C25H35NO3/c1-25(2)17-20(14-16-29-25)22(23-7-5-6-8-24(23)28-4)13-15-26-18-19-9-11-21(27-3)12-10-19/h5-12,20,22,26H,13-18H2,1-4H3/t20-,22+/m1/s1. The van der Waals surface area contributed by atoms with Gasteiger partial charge in [-0.2, -0.15) is 0 Å². The molecule has 1 aliphatic rings. The Kier molecular flexibility index (Phi) is 7.57. The van der Waals surface area contributed by atoms with E-state index in [2.05, 4.69) is 55.6 Å². The second kappa shape index (κ2) is 10.1. The van der Waals surface area contributed by atoms with Crippen LogP contribution in [0.25, 0.3) is 0 Å². The molecule has 0 spiro atoms. The van der Waals surface area contributed by atoms with Crippen LogP contribution >= 0.6 is 0 Å². The molecule has 1 N–H and O–H groups in total. The molecule has 2 aromatic rings. The van der Waals surface area contributed by atoms with E-state index < -0.39 is 0 Å². The average molecular weight is 398 g/mol. The van der Waals surface area contributed by atoms with Crippen molar-refractivity contribution < 1.29 is 14.2 Å². The molecule has 0 aliphatic carbocycles. The number of hydrogen-bond donors (Lipinski definition) is 1. The minimum absolute atomic E-state index is 0.0558. The quantitative estimate of drug-likeness (QED) is 0.593. The second-order valence-electron chi connectivity index (χ2n) is 8.52. The number of nitrogens with one attached hydrogen (secondary N) is 1. The van der Waals surface area contributed by atoms with Crippen molar-refractivity contribution >= 4 is 0 Å². The first kappa shape index (κ1) is 21.7. The fourth-order valence-corrected chi connectivity index (χ4v) is 4.47. The average Bonchev–Trinajstić information content (AvgIpc) is 2.73. The molecule has 1 fully saturated rings. The van der Waals surface area contributed by atoms with Crippen molar-refractivity contribution in [3.05, 3.63) is 59.7 Å². The van der Waals surface area contributed by atoms with Crippen molar-refractivity contribution in [1.82, 2.24) is 5.32 Å². The van der Waals surface area contributed by atoms with Crippen molar-refractivity contribution in [2.75, 3.05) is 27.4 Å². The predicted octanol–water partition coefficient (Wildman–Crippen LogP) is 5.17. The van der Waals surface area contributed by atoms with Crippen LogP contribution in [0.2, 0.25) is 0 Å². The third-order valence-electron chi connectivity index (χ3n) is 5.96. The topological polar surface area (TPSA) is 39.7 Å². The molecular weight excluding hydrogens is 362 g/mol. The lowest BCUT2D eigenvalue weighted by molar-refractivity contribution is -0.0772. The Morgan fingerprint density at radius 3 is 2.52 bits per heavy atom. The van der Waals surface area contributed by atoms with Crippen LogP contribution in [0.15, 0.2) is 48.5 Å². The molecule has 1 aliphatic heterocycles. The van der Waals surface area contributed by atoms with Gasteiger partial charge in [0.05, 0.1) is 19.8 Å². The molecule has 2 atom stereocenters. The van der Waals surface area contributed by atoms with E-state index >= 15 is 0 Å². The van der Waals surface area contributed by atoms with Crippen LogP contribution in [0.5, 0.6) is 11.5 Å². The van der Waals surface area contributed by atoms with Crippen LogP contribution in [0.3, 0.4) is 0 Å². The van der Waals surface area contributed by atoms with Gasteiger partial charge in [-0.05, 0) is 80.8 Å². The SMILES string of the molecule is COc1ccc(CNCC[C@H](c2ccccc2OC)[C@@H]2CCOC(C)(C)C2)cc1. The fraction of sp³-hybridized carbons (Fsp3) is 0.520. The van der Waals surface area contributed by atoms with Gasteiger partial charge in [-0.25, -0.2) is 0 Å². The molecule has 29 heavy (non-hydrogen) atoms. The van der Waals surface area contributed by atoms with Gasteiger partial charge in [0.2, 0.25) is 0 Å². The zero-order valence-corrected chi connectivity index (χ0v) is 18.2. The molecule has 0 saturated carbocycles. The van der Waals surface area contributed by atoms with Crippen LogP contribution in [0, 0.1) is 5.92 Å². The summed E-state index contributed by atoms with van der Waals surface area (Å²) in [6.07, 6.45) is 3.26. The van der Waals surface area contributed by atoms with Crippen LogP contribution in [-0.2, 0) is 11.3 Å². The summed E-state index contributed by atoms with van der Waals surface area (Å²) in [5.41, 5.74) is 2.54. The third-order valence-corrected chi connectivity index (χ3v) is 5.96. The Balaban J connectivity index is 1.66. The first-order valence-corrected chi connectivity index (χ1v) is 10.6. The highest BCUT2D eigenvalue weighted by Crippen LogP contribution is 2.42. The lowest BCUT2D eigenvalue weighted by Gasteiger charge is -2.40. The van der Waals surface area contributed by atoms with E-state index in [-0.39, 0.29) is 5.60 Å². The normalized spacial score (nSPS) is 19.5. The summed E-state index contributed by atoms with van der Waals surface area (Å²) in [5, 5.41) is 3.62. The van der Waals surface area contributed by atoms with Crippen LogP contribution in [-0.4, -0.2) is 33.0 Å². The highest BCUT2D eigenvalue weighted by molar-refractivity contribution is 5.37.